The van der Waals surface area contributed by atoms with Gasteiger partial charge < -0.3 is 50.8 Å². The Labute approximate surface area is 282 Å². The van der Waals surface area contributed by atoms with Crippen LogP contribution in [0.4, 0.5) is 0 Å². The van der Waals surface area contributed by atoms with Crippen LogP contribution in [0.1, 0.15) is 74.7 Å². The van der Waals surface area contributed by atoms with E-state index < -0.39 is 89.2 Å². The molecule has 0 aliphatic heterocycles. The third-order valence-electron chi connectivity index (χ3n) is 9.12. The molecule has 0 saturated heterocycles. The van der Waals surface area contributed by atoms with Crippen molar-refractivity contribution in [1.29, 1.82) is 0 Å². The molecule has 8 N–H and O–H groups in total. The van der Waals surface area contributed by atoms with Gasteiger partial charge in [0, 0.05) is 22.3 Å². The van der Waals surface area contributed by atoms with Crippen molar-refractivity contribution in [1.82, 2.24) is 0 Å². The molecule has 0 amide bonds. The van der Waals surface area contributed by atoms with E-state index in [0.29, 0.717) is 0 Å². The Kier molecular flexibility index (Phi) is 14.5. The van der Waals surface area contributed by atoms with Crippen LogP contribution in [-0.4, -0.2) is 104 Å². The van der Waals surface area contributed by atoms with Crippen molar-refractivity contribution in [2.45, 2.75) is 135 Å². The van der Waals surface area contributed by atoms with Crippen LogP contribution in [0.5, 0.6) is 0 Å². The van der Waals surface area contributed by atoms with E-state index in [1.54, 1.807) is 0 Å². The highest BCUT2D eigenvalue weighted by Gasteiger charge is 2.74. The average Bonchev–Trinajstić information content (AvgIpc) is 3.00. The molecule has 0 aromatic heterocycles. The first kappa shape index (κ1) is 42.6. The van der Waals surface area contributed by atoms with E-state index >= 15 is 0 Å². The SMILES string of the molecule is C=C(C)C(=O)OC(C)C(O)C1(N)CCCC(C(O)C(C)OC(=O)C(=C)C)(C(O)C(C)OC(=O)C(=C)C)C1(N)C(O)C(C)OC(=O)C(=C)C. The number of hydrogen-bond acceptors (Lipinski definition) is 14. The van der Waals surface area contributed by atoms with Gasteiger partial charge in [-0.2, -0.15) is 0 Å². The zero-order valence-corrected chi connectivity index (χ0v) is 29.3. The normalized spacial score (nSPS) is 27.4. The minimum atomic E-state index is -2.62. The van der Waals surface area contributed by atoms with E-state index in [2.05, 4.69) is 26.3 Å². The summed E-state index contributed by atoms with van der Waals surface area (Å²) in [7, 11) is 0. The molecule has 1 fully saturated rings. The summed E-state index contributed by atoms with van der Waals surface area (Å²) in [6, 6.07) is 0. The Balaban J connectivity index is 4.25. The highest BCUT2D eigenvalue weighted by atomic mass is 16.6. The van der Waals surface area contributed by atoms with E-state index in [1.165, 1.54) is 55.4 Å². The number of hydrogen-bond donors (Lipinski definition) is 6. The van der Waals surface area contributed by atoms with E-state index in [4.69, 9.17) is 30.4 Å². The molecule has 0 bridgehead atoms. The molecule has 0 radical (unpaired) electrons. The van der Waals surface area contributed by atoms with Gasteiger partial charge in [-0.3, -0.25) is 0 Å². The molecule has 14 heteroatoms. The maximum Gasteiger partial charge on any atom is 0.333 e. The molecule has 10 atom stereocenters. The van der Waals surface area contributed by atoms with Crippen LogP contribution in [-0.2, 0) is 38.1 Å². The fourth-order valence-corrected chi connectivity index (χ4v) is 6.39. The molecule has 0 aromatic carbocycles. The van der Waals surface area contributed by atoms with E-state index in [-0.39, 0.29) is 41.6 Å². The second-order valence-corrected chi connectivity index (χ2v) is 13.1. The average molecular weight is 683 g/mol. The summed E-state index contributed by atoms with van der Waals surface area (Å²) in [5, 5.41) is 48.5. The number of esters is 4. The number of aliphatic hydroxyl groups excluding tert-OH is 4. The minimum Gasteiger partial charge on any atom is -0.457 e. The van der Waals surface area contributed by atoms with Crippen molar-refractivity contribution in [3.8, 4) is 0 Å². The van der Waals surface area contributed by atoms with Gasteiger partial charge in [0.05, 0.1) is 16.5 Å². The lowest BCUT2D eigenvalue weighted by Gasteiger charge is -2.66. The van der Waals surface area contributed by atoms with E-state index in [9.17, 15) is 39.6 Å². The summed E-state index contributed by atoms with van der Waals surface area (Å²) >= 11 is 0. The molecule has 48 heavy (non-hydrogen) atoms. The first-order valence-corrected chi connectivity index (χ1v) is 15.6. The predicted octanol–water partition coefficient (Wildman–Crippen LogP) is 1.03. The number of carbonyl (C=O) groups excluding carboxylic acids is 4. The molecule has 0 spiro atoms. The van der Waals surface area contributed by atoms with E-state index in [0.717, 1.165) is 0 Å². The third kappa shape index (κ3) is 8.24. The quantitative estimate of drug-likeness (QED) is 0.0758. The summed E-state index contributed by atoms with van der Waals surface area (Å²) < 4.78 is 21.7. The van der Waals surface area contributed by atoms with Crippen LogP contribution < -0.4 is 11.5 Å². The topological polar surface area (TPSA) is 238 Å². The van der Waals surface area contributed by atoms with Crippen LogP contribution >= 0.6 is 0 Å². The molecular formula is C34H54N2O12. The Morgan fingerprint density at radius 3 is 1.10 bits per heavy atom. The predicted molar refractivity (Wildman–Crippen MR) is 176 cm³/mol. The monoisotopic (exact) mass is 682 g/mol. The summed E-state index contributed by atoms with van der Waals surface area (Å²) in [6.45, 7) is 24.8. The fourth-order valence-electron chi connectivity index (χ4n) is 6.39. The Morgan fingerprint density at radius 1 is 0.542 bits per heavy atom. The third-order valence-corrected chi connectivity index (χ3v) is 9.12. The number of rotatable bonds is 16. The Bertz CT molecular complexity index is 1260. The van der Waals surface area contributed by atoms with Crippen LogP contribution in [0.25, 0.3) is 0 Å². The van der Waals surface area contributed by atoms with Crippen LogP contribution in [0, 0.1) is 5.41 Å². The molecular weight excluding hydrogens is 628 g/mol. The lowest BCUT2D eigenvalue weighted by molar-refractivity contribution is -0.257. The molecule has 1 aliphatic carbocycles. The van der Waals surface area contributed by atoms with Crippen molar-refractivity contribution >= 4 is 23.9 Å². The van der Waals surface area contributed by atoms with Gasteiger partial charge >= 0.3 is 23.9 Å². The maximum atomic E-state index is 12.6. The first-order valence-electron chi connectivity index (χ1n) is 15.6. The van der Waals surface area contributed by atoms with Gasteiger partial charge in [0.15, 0.2) is 0 Å². The van der Waals surface area contributed by atoms with Crippen LogP contribution in [0.2, 0.25) is 0 Å². The molecule has 0 aromatic rings. The van der Waals surface area contributed by atoms with Gasteiger partial charge in [-0.15, -0.1) is 0 Å². The second kappa shape index (κ2) is 16.3. The van der Waals surface area contributed by atoms with Gasteiger partial charge in [-0.1, -0.05) is 32.7 Å². The van der Waals surface area contributed by atoms with E-state index in [1.807, 2.05) is 0 Å². The summed E-state index contributed by atoms with van der Waals surface area (Å²) in [4.78, 5) is 50.3. The van der Waals surface area contributed by atoms with Gasteiger partial charge in [-0.25, -0.2) is 19.2 Å². The number of ether oxygens (including phenoxy) is 4. The second-order valence-electron chi connectivity index (χ2n) is 13.1. The number of nitrogens with two attached hydrogens (primary N) is 2. The van der Waals surface area contributed by atoms with Crippen molar-refractivity contribution in [3.05, 3.63) is 48.6 Å². The molecule has 1 saturated carbocycles. The molecule has 0 heterocycles. The molecule has 14 nitrogen and oxygen atoms in total. The van der Waals surface area contributed by atoms with Crippen LogP contribution in [0.3, 0.4) is 0 Å². The molecule has 10 unspecified atom stereocenters. The highest BCUT2D eigenvalue weighted by molar-refractivity contribution is 5.88. The highest BCUT2D eigenvalue weighted by Crippen LogP contribution is 2.57. The summed E-state index contributed by atoms with van der Waals surface area (Å²) in [5.41, 5.74) is 7.00. The van der Waals surface area contributed by atoms with Crippen molar-refractivity contribution in [3.63, 3.8) is 0 Å². The zero-order chi connectivity index (χ0) is 37.7. The maximum absolute atomic E-state index is 12.6. The standard InChI is InChI=1S/C34H54N2O12/c1-16(2)28(41)45-20(9)24(37)32(25(38)21(10)46-29(42)17(3)4)14-13-15-33(35,26(39)22(11)47-30(43)18(5)6)34(32,36)27(40)23(12)48-31(44)19(7)8/h20-27,37-40H,1,3,5,7,13-15,35-36H2,2,4,6,8-12H3. The summed E-state index contributed by atoms with van der Waals surface area (Å²) in [6.07, 6.45) is -14.4. The lowest BCUT2D eigenvalue weighted by atomic mass is 9.45. The van der Waals surface area contributed by atoms with Crippen molar-refractivity contribution in [2.75, 3.05) is 0 Å². The Hall–Kier alpha value is -3.40. The zero-order valence-electron chi connectivity index (χ0n) is 29.3. The first-order chi connectivity index (χ1) is 21.8. The molecule has 1 aliphatic rings. The minimum absolute atomic E-state index is 0.00429. The number of aliphatic hydroxyl groups is 4. The lowest BCUT2D eigenvalue weighted by Crippen LogP contribution is -2.89. The molecule has 1 rings (SSSR count). The van der Waals surface area contributed by atoms with Crippen molar-refractivity contribution in [2.24, 2.45) is 16.9 Å². The van der Waals surface area contributed by atoms with Gasteiger partial charge in [-0.05, 0) is 68.2 Å². The van der Waals surface area contributed by atoms with Crippen molar-refractivity contribution < 1.29 is 58.6 Å². The van der Waals surface area contributed by atoms with Gasteiger partial charge in [0.25, 0.3) is 0 Å². The molecule has 272 valence electrons. The smallest absolute Gasteiger partial charge is 0.333 e. The summed E-state index contributed by atoms with van der Waals surface area (Å²) in [5.74, 6) is -3.61. The Morgan fingerprint density at radius 2 is 0.812 bits per heavy atom. The fraction of sp³-hybridized carbons (Fsp3) is 0.647. The van der Waals surface area contributed by atoms with Crippen LogP contribution in [0.15, 0.2) is 48.6 Å². The largest absolute Gasteiger partial charge is 0.457 e. The van der Waals surface area contributed by atoms with Gasteiger partial charge in [0.1, 0.15) is 48.8 Å². The van der Waals surface area contributed by atoms with Gasteiger partial charge in [0.2, 0.25) is 0 Å². The number of carbonyl (C=O) groups is 4.